The van der Waals surface area contributed by atoms with E-state index in [4.69, 9.17) is 14.7 Å². The molecule has 2 saturated carbocycles. The summed E-state index contributed by atoms with van der Waals surface area (Å²) in [4.78, 5) is 14.2. The van der Waals surface area contributed by atoms with E-state index in [-0.39, 0.29) is 46.4 Å². The lowest BCUT2D eigenvalue weighted by molar-refractivity contribution is 0.0167. The predicted molar refractivity (Wildman–Crippen MR) is 195 cm³/mol. The van der Waals surface area contributed by atoms with Crippen molar-refractivity contribution >= 4 is 27.5 Å². The molecule has 52 heavy (non-hydrogen) atoms. The van der Waals surface area contributed by atoms with Crippen LogP contribution in [0.4, 0.5) is 23.4 Å². The first kappa shape index (κ1) is 34.1. The molecule has 1 spiro atoms. The molecule has 3 saturated heterocycles. The zero-order valence-corrected chi connectivity index (χ0v) is 30.2. The number of piperidine rings is 1. The number of piperazine rings is 1. The average Bonchev–Trinajstić information content (AvgIpc) is 3.94. The number of halogens is 4. The van der Waals surface area contributed by atoms with Gasteiger partial charge in [0.15, 0.2) is 5.82 Å². The van der Waals surface area contributed by atoms with Crippen LogP contribution in [0.25, 0.3) is 32.8 Å². The number of hydrogen-bond donors (Lipinski definition) is 2. The van der Waals surface area contributed by atoms with Gasteiger partial charge in [-0.3, -0.25) is 0 Å². The van der Waals surface area contributed by atoms with Gasteiger partial charge in [0.1, 0.15) is 22.9 Å². The number of nitrogens with one attached hydrogen (secondary N) is 1. The molecule has 0 radical (unpaired) electrons. The summed E-state index contributed by atoms with van der Waals surface area (Å²) in [6, 6.07) is 8.82. The smallest absolute Gasteiger partial charge is 0.319 e. The fourth-order valence-corrected chi connectivity index (χ4v) is 9.66. The summed E-state index contributed by atoms with van der Waals surface area (Å²) in [5.74, 6) is -3.02. The van der Waals surface area contributed by atoms with E-state index in [0.29, 0.717) is 77.7 Å². The Hall–Kier alpha value is -3.70. The van der Waals surface area contributed by atoms with E-state index in [2.05, 4.69) is 15.1 Å². The summed E-state index contributed by atoms with van der Waals surface area (Å²) in [7, 11) is 0. The number of anilines is 1. The van der Waals surface area contributed by atoms with Crippen molar-refractivity contribution in [3.63, 3.8) is 0 Å². The van der Waals surface area contributed by atoms with Gasteiger partial charge < -0.3 is 25.0 Å². The maximum Gasteiger partial charge on any atom is 0.319 e. The molecule has 4 heterocycles. The Morgan fingerprint density at radius 1 is 1.04 bits per heavy atom. The first-order valence-electron chi connectivity index (χ1n) is 19.1. The zero-order chi connectivity index (χ0) is 36.2. The number of alkyl halides is 2. The van der Waals surface area contributed by atoms with Gasteiger partial charge in [-0.25, -0.2) is 17.6 Å². The number of fused-ring (bicyclic) bond motifs is 4. The highest BCUT2D eigenvalue weighted by molar-refractivity contribution is 6.04. The van der Waals surface area contributed by atoms with Gasteiger partial charge in [0.25, 0.3) is 5.92 Å². The van der Waals surface area contributed by atoms with Gasteiger partial charge in [-0.1, -0.05) is 26.8 Å². The Morgan fingerprint density at radius 3 is 2.46 bits per heavy atom. The van der Waals surface area contributed by atoms with Crippen molar-refractivity contribution in [1.29, 1.82) is 0 Å². The molecule has 3 aromatic carbocycles. The molecule has 2 aliphatic carbocycles. The summed E-state index contributed by atoms with van der Waals surface area (Å²) in [5, 5.41) is 16.3. The lowest BCUT2D eigenvalue weighted by atomic mass is 9.86. The quantitative estimate of drug-likeness (QED) is 0.169. The van der Waals surface area contributed by atoms with E-state index in [1.54, 1.807) is 12.1 Å². The van der Waals surface area contributed by atoms with Crippen LogP contribution in [0.1, 0.15) is 82.8 Å². The molecule has 1 aromatic heterocycles. The van der Waals surface area contributed by atoms with Crippen LogP contribution in [0.2, 0.25) is 0 Å². The van der Waals surface area contributed by atoms with Crippen LogP contribution in [0.15, 0.2) is 30.3 Å². The summed E-state index contributed by atoms with van der Waals surface area (Å²) in [5.41, 5.74) is 0.971. The lowest BCUT2D eigenvalue weighted by Crippen LogP contribution is -2.51. The van der Waals surface area contributed by atoms with Gasteiger partial charge in [0.05, 0.1) is 12.0 Å². The number of aryl methyl sites for hydroxylation is 1. The predicted octanol–water partition coefficient (Wildman–Crippen LogP) is 8.34. The van der Waals surface area contributed by atoms with Gasteiger partial charge in [-0.15, -0.1) is 0 Å². The molecule has 276 valence electrons. The highest BCUT2D eigenvalue weighted by Gasteiger charge is 2.71. The Bertz CT molecular complexity index is 2070. The monoisotopic (exact) mass is 717 g/mol. The third-order valence-electron chi connectivity index (χ3n) is 12.7. The summed E-state index contributed by atoms with van der Waals surface area (Å²) < 4.78 is 67.9. The molecular weight excluding hydrogens is 670 g/mol. The maximum absolute atomic E-state index is 17.6. The molecule has 2 bridgehead atoms. The van der Waals surface area contributed by atoms with Crippen LogP contribution >= 0.6 is 0 Å². The Balaban J connectivity index is 1.14. The minimum Gasteiger partial charge on any atom is -0.508 e. The van der Waals surface area contributed by atoms with Crippen LogP contribution in [-0.2, 0) is 6.42 Å². The number of phenols is 1. The highest BCUT2D eigenvalue weighted by Crippen LogP contribution is 2.65. The molecule has 3 aliphatic heterocycles. The van der Waals surface area contributed by atoms with E-state index < -0.39 is 17.2 Å². The van der Waals surface area contributed by atoms with Crippen molar-refractivity contribution in [3.8, 4) is 22.9 Å². The normalized spacial score (nSPS) is 26.2. The van der Waals surface area contributed by atoms with Crippen LogP contribution in [0.5, 0.6) is 11.8 Å². The summed E-state index contributed by atoms with van der Waals surface area (Å²) in [6.45, 7) is 9.56. The second-order valence-electron chi connectivity index (χ2n) is 16.8. The van der Waals surface area contributed by atoms with Crippen molar-refractivity contribution in [2.45, 2.75) is 96.1 Å². The molecule has 9 rings (SSSR count). The van der Waals surface area contributed by atoms with E-state index >= 15 is 8.78 Å². The Labute approximate surface area is 301 Å². The van der Waals surface area contributed by atoms with Gasteiger partial charge in [0.2, 0.25) is 0 Å². The highest BCUT2D eigenvalue weighted by atomic mass is 19.3. The van der Waals surface area contributed by atoms with Crippen LogP contribution in [-0.4, -0.2) is 77.3 Å². The minimum absolute atomic E-state index is 0.0133. The zero-order valence-electron chi connectivity index (χ0n) is 30.2. The van der Waals surface area contributed by atoms with Crippen LogP contribution < -0.4 is 15.0 Å². The number of aromatic hydroxyl groups is 1. The third-order valence-corrected chi connectivity index (χ3v) is 12.7. The van der Waals surface area contributed by atoms with Crippen molar-refractivity contribution in [2.24, 2.45) is 10.8 Å². The maximum atomic E-state index is 17.6. The van der Waals surface area contributed by atoms with Gasteiger partial charge >= 0.3 is 6.01 Å². The largest absolute Gasteiger partial charge is 0.508 e. The van der Waals surface area contributed by atoms with Crippen LogP contribution in [0, 0.1) is 22.5 Å². The SMILES string of the molecule is CCc1c(F)ccc2cc(O)cc(-c3c(C(C)C)cc4c(N5CC6CCC(C5)N6)nc(OCC5(CN6CCCC7(C6)CC7(F)F)CC5)nc4c3F)c12. The average molecular weight is 718 g/mol. The molecule has 0 amide bonds. The Kier molecular flexibility index (Phi) is 7.98. The molecule has 2 N–H and O–H groups in total. The number of aromatic nitrogens is 2. The number of hydrogen-bond acceptors (Lipinski definition) is 7. The van der Waals surface area contributed by atoms with E-state index in [1.165, 1.54) is 12.1 Å². The number of benzene rings is 3. The lowest BCUT2D eigenvalue weighted by Gasteiger charge is -2.35. The first-order chi connectivity index (χ1) is 24.9. The second kappa shape index (κ2) is 12.2. The van der Waals surface area contributed by atoms with Gasteiger partial charge in [-0.2, -0.15) is 9.97 Å². The molecule has 3 unspecified atom stereocenters. The van der Waals surface area contributed by atoms with Crippen molar-refractivity contribution in [1.82, 2.24) is 20.2 Å². The number of phenolic OH excluding ortho intramolecular Hbond substituents is 1. The molecule has 11 heteroatoms. The van der Waals surface area contributed by atoms with Crippen molar-refractivity contribution in [2.75, 3.05) is 44.2 Å². The van der Waals surface area contributed by atoms with E-state index in [9.17, 15) is 13.9 Å². The standard InChI is InChI=1S/C41H47F4N5O2/c1-4-28-32(42)9-6-24-14-27(51)15-30(33(24)28)34-29(23(2)3)16-31-36(35(34)43)47-38(48-37(31)50-17-25-7-8-26(18-50)46-25)52-22-39(11-12-39)20-49-13-5-10-40(21-49)19-41(40,44)45/h6,9,14-16,23,25-26,46,51H,4-5,7-8,10-13,17-22H2,1-3H3. The summed E-state index contributed by atoms with van der Waals surface area (Å²) in [6.07, 6.45) is 5.72. The third kappa shape index (κ3) is 5.68. The number of nitrogens with zero attached hydrogens (tertiary/aromatic N) is 4. The second-order valence-corrected chi connectivity index (χ2v) is 16.8. The molecule has 5 fully saturated rings. The van der Waals surface area contributed by atoms with Crippen molar-refractivity contribution in [3.05, 3.63) is 53.1 Å². The number of rotatable bonds is 9. The fraction of sp³-hybridized carbons (Fsp3) is 0.561. The number of ether oxygens (including phenoxy) is 1. The van der Waals surface area contributed by atoms with E-state index in [1.807, 2.05) is 26.8 Å². The topological polar surface area (TPSA) is 73.8 Å². The van der Waals surface area contributed by atoms with Crippen molar-refractivity contribution < 1.29 is 27.4 Å². The molecule has 3 atom stereocenters. The fourth-order valence-electron chi connectivity index (χ4n) is 9.66. The first-order valence-corrected chi connectivity index (χ1v) is 19.1. The number of likely N-dealkylation sites (tertiary alicyclic amines) is 1. The van der Waals surface area contributed by atoms with Crippen LogP contribution in [0.3, 0.4) is 0 Å². The van der Waals surface area contributed by atoms with Gasteiger partial charge in [0, 0.05) is 61.0 Å². The molecule has 7 nitrogen and oxygen atoms in total. The minimum atomic E-state index is -2.56. The summed E-state index contributed by atoms with van der Waals surface area (Å²) >= 11 is 0. The Morgan fingerprint density at radius 2 is 1.79 bits per heavy atom. The van der Waals surface area contributed by atoms with Gasteiger partial charge in [-0.05, 0) is 109 Å². The molecular formula is C41H47F4N5O2. The molecule has 5 aliphatic rings. The molecule has 4 aromatic rings. The van der Waals surface area contributed by atoms with E-state index in [0.717, 1.165) is 57.3 Å².